The molecule has 0 amide bonds. The predicted octanol–water partition coefficient (Wildman–Crippen LogP) is 3.82. The van der Waals surface area contributed by atoms with Crippen LogP contribution in [0.1, 0.15) is 5.82 Å². The topological polar surface area (TPSA) is 74.5 Å². The van der Waals surface area contributed by atoms with E-state index in [2.05, 4.69) is 26.1 Å². The van der Waals surface area contributed by atoms with Gasteiger partial charge in [0.05, 0.1) is 5.56 Å². The molecule has 0 unspecified atom stereocenters. The lowest BCUT2D eigenvalue weighted by molar-refractivity contribution is -0.147. The monoisotopic (exact) mass is 412 g/mol. The van der Waals surface area contributed by atoms with E-state index in [4.69, 9.17) is 14.0 Å². The van der Waals surface area contributed by atoms with Crippen molar-refractivity contribution in [3.8, 4) is 17.2 Å². The number of carbonyl (C=O) groups is 1. The van der Waals surface area contributed by atoms with Crippen molar-refractivity contribution in [3.63, 3.8) is 0 Å². The summed E-state index contributed by atoms with van der Waals surface area (Å²) in [5.41, 5.74) is 0.805. The Hall–Kier alpha value is -2.26. The third-order valence-corrected chi connectivity index (χ3v) is 4.01. The first kappa shape index (κ1) is 16.6. The van der Waals surface area contributed by atoms with Gasteiger partial charge in [-0.2, -0.15) is 16.3 Å². The summed E-state index contributed by atoms with van der Waals surface area (Å²) in [7, 11) is 0. The first-order valence-corrected chi connectivity index (χ1v) is 8.44. The normalized spacial score (nSPS) is 10.6. The van der Waals surface area contributed by atoms with E-state index in [-0.39, 0.29) is 18.2 Å². The van der Waals surface area contributed by atoms with Crippen molar-refractivity contribution in [2.75, 3.05) is 6.61 Å². The van der Waals surface area contributed by atoms with Gasteiger partial charge in [-0.1, -0.05) is 21.1 Å². The van der Waals surface area contributed by atoms with E-state index in [1.807, 2.05) is 16.8 Å². The van der Waals surface area contributed by atoms with Gasteiger partial charge in [0.15, 0.2) is 24.8 Å². The Kier molecular flexibility index (Phi) is 5.21. The van der Waals surface area contributed by atoms with E-state index in [0.29, 0.717) is 10.4 Å². The third kappa shape index (κ3) is 4.18. The van der Waals surface area contributed by atoms with Crippen molar-refractivity contribution < 1.29 is 23.2 Å². The number of thiophene rings is 1. The fourth-order valence-electron chi connectivity index (χ4n) is 1.73. The number of hydrogen-bond donors (Lipinski definition) is 0. The lowest BCUT2D eigenvalue weighted by Gasteiger charge is -2.06. The minimum Gasteiger partial charge on any atom is -0.479 e. The molecule has 0 N–H and O–H groups in total. The quantitative estimate of drug-likeness (QED) is 0.572. The summed E-state index contributed by atoms with van der Waals surface area (Å²) in [6.45, 7) is -0.577. The van der Waals surface area contributed by atoms with Crippen molar-refractivity contribution in [2.24, 2.45) is 0 Å². The lowest BCUT2D eigenvalue weighted by Crippen LogP contribution is -2.15. The summed E-state index contributed by atoms with van der Waals surface area (Å²) in [5, 5.41) is 7.47. The molecule has 0 radical (unpaired) electrons. The van der Waals surface area contributed by atoms with Gasteiger partial charge in [-0.05, 0) is 29.6 Å². The summed E-state index contributed by atoms with van der Waals surface area (Å²) in [4.78, 5) is 15.8. The largest absolute Gasteiger partial charge is 0.479 e. The minimum atomic E-state index is -0.667. The van der Waals surface area contributed by atoms with Gasteiger partial charge in [0.1, 0.15) is 0 Å². The van der Waals surface area contributed by atoms with Gasteiger partial charge in [-0.3, -0.25) is 0 Å². The molecule has 24 heavy (non-hydrogen) atoms. The molecule has 0 saturated heterocycles. The van der Waals surface area contributed by atoms with Gasteiger partial charge in [0.2, 0.25) is 5.82 Å². The molecule has 0 bridgehead atoms. The van der Waals surface area contributed by atoms with E-state index in [1.54, 1.807) is 6.07 Å². The number of halogens is 2. The average molecular weight is 413 g/mol. The van der Waals surface area contributed by atoms with Crippen LogP contribution in [0.4, 0.5) is 4.39 Å². The highest BCUT2D eigenvalue weighted by Gasteiger charge is 2.12. The van der Waals surface area contributed by atoms with Crippen LogP contribution in [0.3, 0.4) is 0 Å². The lowest BCUT2D eigenvalue weighted by atomic mass is 10.3. The van der Waals surface area contributed by atoms with Crippen LogP contribution in [0.5, 0.6) is 5.75 Å². The maximum absolute atomic E-state index is 13.6. The SMILES string of the molecule is O=C(COc1ccc(Br)cc1F)OCc1noc(-c2ccsc2)n1. The van der Waals surface area contributed by atoms with Crippen molar-refractivity contribution in [2.45, 2.75) is 6.61 Å². The van der Waals surface area contributed by atoms with Gasteiger partial charge >= 0.3 is 5.97 Å². The van der Waals surface area contributed by atoms with Crippen molar-refractivity contribution in [3.05, 3.63) is 51.1 Å². The Bertz CT molecular complexity index is 838. The smallest absolute Gasteiger partial charge is 0.344 e. The number of aromatic nitrogens is 2. The van der Waals surface area contributed by atoms with Gasteiger partial charge in [0, 0.05) is 9.85 Å². The number of benzene rings is 1. The van der Waals surface area contributed by atoms with Crippen molar-refractivity contribution in [1.29, 1.82) is 0 Å². The Morgan fingerprint density at radius 2 is 2.25 bits per heavy atom. The van der Waals surface area contributed by atoms with E-state index in [9.17, 15) is 9.18 Å². The number of rotatable bonds is 6. The Morgan fingerprint density at radius 3 is 3.00 bits per heavy atom. The Labute approximate surface area is 148 Å². The maximum Gasteiger partial charge on any atom is 0.344 e. The zero-order chi connectivity index (χ0) is 16.9. The highest BCUT2D eigenvalue weighted by Crippen LogP contribution is 2.22. The van der Waals surface area contributed by atoms with Crippen LogP contribution >= 0.6 is 27.3 Å². The molecule has 0 atom stereocenters. The zero-order valence-electron chi connectivity index (χ0n) is 12.1. The van der Waals surface area contributed by atoms with E-state index >= 15 is 0 Å². The molecule has 0 aliphatic heterocycles. The molecular formula is C15H10BrFN2O4S. The predicted molar refractivity (Wildman–Crippen MR) is 87.0 cm³/mol. The number of esters is 1. The second kappa shape index (κ2) is 7.54. The molecule has 0 spiro atoms. The fourth-order valence-corrected chi connectivity index (χ4v) is 2.69. The van der Waals surface area contributed by atoms with Crippen LogP contribution in [0, 0.1) is 5.82 Å². The van der Waals surface area contributed by atoms with Crippen molar-refractivity contribution >= 4 is 33.2 Å². The number of carbonyl (C=O) groups excluding carboxylic acids is 1. The van der Waals surface area contributed by atoms with Crippen LogP contribution in [0.25, 0.3) is 11.5 Å². The summed E-state index contributed by atoms with van der Waals surface area (Å²) >= 11 is 4.64. The summed E-state index contributed by atoms with van der Waals surface area (Å²) in [6, 6.07) is 6.11. The number of ether oxygens (including phenoxy) is 2. The highest BCUT2D eigenvalue weighted by atomic mass is 79.9. The third-order valence-electron chi connectivity index (χ3n) is 2.84. The standard InChI is InChI=1S/C15H10BrFN2O4S/c16-10-1-2-12(11(17)5-10)21-7-14(20)22-6-13-18-15(23-19-13)9-3-4-24-8-9/h1-5,8H,6-7H2. The van der Waals surface area contributed by atoms with E-state index in [1.165, 1.54) is 23.5 Å². The molecule has 3 aromatic rings. The molecule has 9 heteroatoms. The average Bonchev–Trinajstić information content (AvgIpc) is 3.23. The van der Waals surface area contributed by atoms with Crippen molar-refractivity contribution in [1.82, 2.24) is 10.1 Å². The maximum atomic E-state index is 13.6. The first-order valence-electron chi connectivity index (χ1n) is 6.70. The molecule has 3 rings (SSSR count). The molecule has 0 saturated carbocycles. The molecular weight excluding hydrogens is 403 g/mol. The molecule has 6 nitrogen and oxygen atoms in total. The van der Waals surface area contributed by atoms with Crippen LogP contribution in [-0.4, -0.2) is 22.7 Å². The van der Waals surface area contributed by atoms with E-state index < -0.39 is 18.4 Å². The van der Waals surface area contributed by atoms with Crippen LogP contribution < -0.4 is 4.74 Å². The van der Waals surface area contributed by atoms with Crippen LogP contribution in [0.2, 0.25) is 0 Å². The molecule has 0 fully saturated rings. The fraction of sp³-hybridized carbons (Fsp3) is 0.133. The minimum absolute atomic E-state index is 0.0329. The molecule has 124 valence electrons. The molecule has 2 heterocycles. The van der Waals surface area contributed by atoms with E-state index in [0.717, 1.165) is 5.56 Å². The second-order valence-corrected chi connectivity index (χ2v) is 6.25. The second-order valence-electron chi connectivity index (χ2n) is 4.55. The summed E-state index contributed by atoms with van der Waals surface area (Å²) in [6.07, 6.45) is 0. The molecule has 0 aliphatic rings. The molecule has 1 aromatic carbocycles. The Balaban J connectivity index is 1.49. The van der Waals surface area contributed by atoms with Crippen LogP contribution in [-0.2, 0) is 16.1 Å². The number of hydrogen-bond acceptors (Lipinski definition) is 7. The molecule has 0 aliphatic carbocycles. The summed E-state index contributed by atoms with van der Waals surface area (Å²) in [5.74, 6) is -0.681. The van der Waals surface area contributed by atoms with Gasteiger partial charge in [-0.15, -0.1) is 0 Å². The number of nitrogens with zero attached hydrogens (tertiary/aromatic N) is 2. The van der Waals surface area contributed by atoms with Gasteiger partial charge < -0.3 is 14.0 Å². The summed E-state index contributed by atoms with van der Waals surface area (Å²) < 4.78 is 29.2. The highest BCUT2D eigenvalue weighted by molar-refractivity contribution is 9.10. The van der Waals surface area contributed by atoms with Gasteiger partial charge in [0.25, 0.3) is 5.89 Å². The van der Waals surface area contributed by atoms with Crippen LogP contribution in [0.15, 0.2) is 44.0 Å². The molecule has 2 aromatic heterocycles. The zero-order valence-corrected chi connectivity index (χ0v) is 14.5. The van der Waals surface area contributed by atoms with Gasteiger partial charge in [-0.25, -0.2) is 9.18 Å². The first-order chi connectivity index (χ1) is 11.6. The Morgan fingerprint density at radius 1 is 1.38 bits per heavy atom.